The van der Waals surface area contributed by atoms with Crippen LogP contribution >= 0.6 is 0 Å². The maximum atomic E-state index is 11.9. The van der Waals surface area contributed by atoms with Crippen molar-refractivity contribution in [1.82, 2.24) is 10.3 Å². The minimum absolute atomic E-state index is 0.251. The molecular weight excluding hydrogens is 306 g/mol. The Hall–Kier alpha value is -2.76. The van der Waals surface area contributed by atoms with Gasteiger partial charge in [0, 0.05) is 12.2 Å². The first-order valence-electron chi connectivity index (χ1n) is 7.89. The molecule has 128 valence electrons. The van der Waals surface area contributed by atoms with Gasteiger partial charge in [-0.3, -0.25) is 4.98 Å². The molecule has 2 rings (SSSR count). The SMILES string of the molecule is CCOc1ccc(CCNC(=O)Nc2ccc(C)nc2)cc1OC. The highest BCUT2D eigenvalue weighted by Crippen LogP contribution is 2.28. The second-order valence-corrected chi connectivity index (χ2v) is 5.24. The number of methoxy groups -OCH3 is 1. The number of nitrogens with one attached hydrogen (secondary N) is 2. The fourth-order valence-corrected chi connectivity index (χ4v) is 2.18. The van der Waals surface area contributed by atoms with Gasteiger partial charge in [0.15, 0.2) is 11.5 Å². The molecule has 2 aromatic rings. The average Bonchev–Trinajstić information content (AvgIpc) is 2.58. The van der Waals surface area contributed by atoms with Crippen LogP contribution in [-0.4, -0.2) is 31.3 Å². The van der Waals surface area contributed by atoms with E-state index in [9.17, 15) is 4.79 Å². The first kappa shape index (κ1) is 17.6. The number of anilines is 1. The van der Waals surface area contributed by atoms with Crippen LogP contribution in [0.4, 0.5) is 10.5 Å². The van der Waals surface area contributed by atoms with Gasteiger partial charge in [0.25, 0.3) is 0 Å². The molecule has 0 atom stereocenters. The van der Waals surface area contributed by atoms with Gasteiger partial charge >= 0.3 is 6.03 Å². The molecule has 2 amide bonds. The molecular formula is C18H23N3O3. The minimum Gasteiger partial charge on any atom is -0.493 e. The molecule has 0 aliphatic heterocycles. The topological polar surface area (TPSA) is 72.5 Å². The summed E-state index contributed by atoms with van der Waals surface area (Å²) in [6.45, 7) is 4.93. The first-order valence-corrected chi connectivity index (χ1v) is 7.89. The summed E-state index contributed by atoms with van der Waals surface area (Å²) in [4.78, 5) is 16.0. The number of hydrogen-bond donors (Lipinski definition) is 2. The molecule has 1 aromatic heterocycles. The molecule has 0 radical (unpaired) electrons. The van der Waals surface area contributed by atoms with Crippen molar-refractivity contribution in [2.24, 2.45) is 0 Å². The normalized spacial score (nSPS) is 10.1. The largest absolute Gasteiger partial charge is 0.493 e. The predicted molar refractivity (Wildman–Crippen MR) is 93.9 cm³/mol. The molecule has 0 spiro atoms. The molecule has 0 aliphatic carbocycles. The van der Waals surface area contributed by atoms with Crippen LogP contribution in [0.3, 0.4) is 0 Å². The van der Waals surface area contributed by atoms with Crippen LogP contribution in [0.1, 0.15) is 18.2 Å². The number of urea groups is 1. The van der Waals surface area contributed by atoms with Gasteiger partial charge in [0.2, 0.25) is 0 Å². The maximum absolute atomic E-state index is 11.9. The summed E-state index contributed by atoms with van der Waals surface area (Å²) in [5.41, 5.74) is 2.64. The standard InChI is InChI=1S/C18H23N3O3/c1-4-24-16-8-6-14(11-17(16)23-3)9-10-19-18(22)21-15-7-5-13(2)20-12-15/h5-8,11-12H,4,9-10H2,1-3H3,(H2,19,21,22). The number of nitrogens with zero attached hydrogens (tertiary/aromatic N) is 1. The van der Waals surface area contributed by atoms with Gasteiger partial charge in [-0.25, -0.2) is 4.79 Å². The number of hydrogen-bond acceptors (Lipinski definition) is 4. The van der Waals surface area contributed by atoms with E-state index in [0.29, 0.717) is 31.0 Å². The summed E-state index contributed by atoms with van der Waals surface area (Å²) in [7, 11) is 1.61. The van der Waals surface area contributed by atoms with E-state index in [1.807, 2.05) is 44.2 Å². The van der Waals surface area contributed by atoms with E-state index in [2.05, 4.69) is 15.6 Å². The van der Waals surface area contributed by atoms with Gasteiger partial charge in [-0.2, -0.15) is 0 Å². The smallest absolute Gasteiger partial charge is 0.319 e. The van der Waals surface area contributed by atoms with Crippen molar-refractivity contribution in [3.8, 4) is 11.5 Å². The van der Waals surface area contributed by atoms with Crippen LogP contribution in [0, 0.1) is 6.92 Å². The summed E-state index contributed by atoms with van der Waals surface area (Å²) >= 11 is 0. The zero-order valence-electron chi connectivity index (χ0n) is 14.3. The monoisotopic (exact) mass is 329 g/mol. The number of benzene rings is 1. The van der Waals surface area contributed by atoms with E-state index in [1.165, 1.54) is 0 Å². The van der Waals surface area contributed by atoms with Gasteiger partial charge in [-0.1, -0.05) is 6.07 Å². The van der Waals surface area contributed by atoms with Crippen molar-refractivity contribution in [2.45, 2.75) is 20.3 Å². The third kappa shape index (κ3) is 5.15. The Kier molecular flexibility index (Phi) is 6.42. The van der Waals surface area contributed by atoms with Crippen LogP contribution in [-0.2, 0) is 6.42 Å². The molecule has 0 aliphatic rings. The molecule has 0 saturated carbocycles. The van der Waals surface area contributed by atoms with Crippen molar-refractivity contribution in [3.05, 3.63) is 47.8 Å². The highest BCUT2D eigenvalue weighted by molar-refractivity contribution is 5.88. The third-order valence-electron chi connectivity index (χ3n) is 3.40. The maximum Gasteiger partial charge on any atom is 0.319 e. The highest BCUT2D eigenvalue weighted by Gasteiger charge is 2.06. The average molecular weight is 329 g/mol. The number of carbonyl (C=O) groups is 1. The molecule has 24 heavy (non-hydrogen) atoms. The van der Waals surface area contributed by atoms with E-state index in [1.54, 1.807) is 13.3 Å². The van der Waals surface area contributed by atoms with Crippen molar-refractivity contribution >= 4 is 11.7 Å². The van der Waals surface area contributed by atoms with Crippen LogP contribution < -0.4 is 20.1 Å². The number of carbonyl (C=O) groups excluding carboxylic acids is 1. The Bertz CT molecular complexity index is 672. The number of aromatic nitrogens is 1. The van der Waals surface area contributed by atoms with Gasteiger partial charge in [-0.15, -0.1) is 0 Å². The zero-order valence-corrected chi connectivity index (χ0v) is 14.3. The van der Waals surface area contributed by atoms with Gasteiger partial charge in [0.1, 0.15) is 0 Å². The zero-order chi connectivity index (χ0) is 17.4. The third-order valence-corrected chi connectivity index (χ3v) is 3.40. The Labute approximate surface area is 142 Å². The van der Waals surface area contributed by atoms with Crippen LogP contribution in [0.25, 0.3) is 0 Å². The Morgan fingerprint density at radius 3 is 2.71 bits per heavy atom. The van der Waals surface area contributed by atoms with Crippen molar-refractivity contribution in [2.75, 3.05) is 25.6 Å². The number of rotatable bonds is 7. The Balaban J connectivity index is 1.82. The van der Waals surface area contributed by atoms with Gasteiger partial charge < -0.3 is 20.1 Å². The number of ether oxygens (including phenoxy) is 2. The molecule has 1 aromatic carbocycles. The molecule has 0 fully saturated rings. The molecule has 1 heterocycles. The quantitative estimate of drug-likeness (QED) is 0.818. The van der Waals surface area contributed by atoms with E-state index in [-0.39, 0.29) is 6.03 Å². The lowest BCUT2D eigenvalue weighted by Gasteiger charge is -2.11. The number of aryl methyl sites for hydroxylation is 1. The van der Waals surface area contributed by atoms with Crippen LogP contribution in [0.5, 0.6) is 11.5 Å². The first-order chi connectivity index (χ1) is 11.6. The lowest BCUT2D eigenvalue weighted by Crippen LogP contribution is -2.30. The summed E-state index contributed by atoms with van der Waals surface area (Å²) in [5, 5.41) is 5.57. The Morgan fingerprint density at radius 1 is 1.21 bits per heavy atom. The summed E-state index contributed by atoms with van der Waals surface area (Å²) in [6, 6.07) is 9.20. The number of amides is 2. The molecule has 0 bridgehead atoms. The van der Waals surface area contributed by atoms with Crippen molar-refractivity contribution in [1.29, 1.82) is 0 Å². The molecule has 0 unspecified atom stereocenters. The second kappa shape index (κ2) is 8.76. The summed E-state index contributed by atoms with van der Waals surface area (Å²) < 4.78 is 10.8. The van der Waals surface area contributed by atoms with Crippen LogP contribution in [0.2, 0.25) is 0 Å². The van der Waals surface area contributed by atoms with E-state index >= 15 is 0 Å². The van der Waals surface area contributed by atoms with Crippen molar-refractivity contribution < 1.29 is 14.3 Å². The fourth-order valence-electron chi connectivity index (χ4n) is 2.18. The fraction of sp³-hybridized carbons (Fsp3) is 0.333. The van der Waals surface area contributed by atoms with Gasteiger partial charge in [0.05, 0.1) is 25.6 Å². The second-order valence-electron chi connectivity index (χ2n) is 5.24. The molecule has 6 nitrogen and oxygen atoms in total. The van der Waals surface area contributed by atoms with Crippen molar-refractivity contribution in [3.63, 3.8) is 0 Å². The Morgan fingerprint density at radius 2 is 2.04 bits per heavy atom. The van der Waals surface area contributed by atoms with Gasteiger partial charge in [-0.05, 0) is 50.1 Å². The lowest BCUT2D eigenvalue weighted by atomic mass is 10.1. The van der Waals surface area contributed by atoms with E-state index in [0.717, 1.165) is 17.0 Å². The summed E-state index contributed by atoms with van der Waals surface area (Å²) in [6.07, 6.45) is 2.33. The van der Waals surface area contributed by atoms with Crippen LogP contribution in [0.15, 0.2) is 36.5 Å². The minimum atomic E-state index is -0.251. The van der Waals surface area contributed by atoms with E-state index < -0.39 is 0 Å². The molecule has 2 N–H and O–H groups in total. The van der Waals surface area contributed by atoms with E-state index in [4.69, 9.17) is 9.47 Å². The lowest BCUT2D eigenvalue weighted by molar-refractivity contribution is 0.252. The number of pyridine rings is 1. The molecule has 6 heteroatoms. The molecule has 0 saturated heterocycles. The highest BCUT2D eigenvalue weighted by atomic mass is 16.5. The summed E-state index contributed by atoms with van der Waals surface area (Å²) in [5.74, 6) is 1.42. The predicted octanol–water partition coefficient (Wildman–Crippen LogP) is 3.16.